The molecule has 0 aliphatic heterocycles. The highest BCUT2D eigenvalue weighted by atomic mass is 79.9. The van der Waals surface area contributed by atoms with Gasteiger partial charge in [-0.15, -0.1) is 0 Å². The Hall–Kier alpha value is -2.41. The fraction of sp³-hybridized carbons (Fsp3) is 0.130. The van der Waals surface area contributed by atoms with Crippen LogP contribution in [0.4, 0.5) is 0 Å². The van der Waals surface area contributed by atoms with Crippen LogP contribution in [-0.2, 0) is 14.3 Å². The normalized spacial score (nSPS) is 11.8. The van der Waals surface area contributed by atoms with E-state index in [-0.39, 0.29) is 11.5 Å². The number of hydrogen-bond acceptors (Lipinski definition) is 4. The van der Waals surface area contributed by atoms with Crippen LogP contribution in [0, 0.1) is 0 Å². The van der Waals surface area contributed by atoms with Crippen molar-refractivity contribution in [1.82, 2.24) is 0 Å². The fourth-order valence-electron chi connectivity index (χ4n) is 3.65. The molecule has 0 saturated carbocycles. The van der Waals surface area contributed by atoms with Gasteiger partial charge in [-0.05, 0) is 52.7 Å². The van der Waals surface area contributed by atoms with Gasteiger partial charge in [-0.1, -0.05) is 58.4 Å². The summed E-state index contributed by atoms with van der Waals surface area (Å²) < 4.78 is 37.7. The van der Waals surface area contributed by atoms with Crippen molar-refractivity contribution >= 4 is 47.6 Å². The molecule has 4 aromatic carbocycles. The molecule has 0 spiro atoms. The van der Waals surface area contributed by atoms with E-state index in [9.17, 15) is 8.42 Å². The third-order valence-electron chi connectivity index (χ3n) is 4.85. The van der Waals surface area contributed by atoms with E-state index in [2.05, 4.69) is 15.9 Å². The summed E-state index contributed by atoms with van der Waals surface area (Å²) in [5.41, 5.74) is 1.31. The Bertz CT molecular complexity index is 1330. The molecule has 0 N–H and O–H groups in total. The second-order valence-electron chi connectivity index (χ2n) is 6.53. The van der Waals surface area contributed by atoms with Crippen LogP contribution in [0.25, 0.3) is 32.7 Å². The monoisotopic (exact) mass is 470 g/mol. The molecular formula is C23H19BrO4S. The van der Waals surface area contributed by atoms with E-state index in [0.29, 0.717) is 11.3 Å². The molecule has 4 nitrogen and oxygen atoms in total. The van der Waals surface area contributed by atoms with Gasteiger partial charge in [0.25, 0.3) is 10.1 Å². The topological polar surface area (TPSA) is 52.6 Å². The minimum absolute atomic E-state index is 0.0637. The summed E-state index contributed by atoms with van der Waals surface area (Å²) in [6.07, 6.45) is 0. The molecule has 0 amide bonds. The average molecular weight is 471 g/mol. The van der Waals surface area contributed by atoms with Crippen LogP contribution in [-0.4, -0.2) is 22.1 Å². The van der Waals surface area contributed by atoms with Crippen LogP contribution < -0.4 is 4.74 Å². The lowest BCUT2D eigenvalue weighted by molar-refractivity contribution is 0.338. The lowest BCUT2D eigenvalue weighted by atomic mass is 9.93. The van der Waals surface area contributed by atoms with E-state index in [1.165, 1.54) is 0 Å². The Kier molecular flexibility index (Phi) is 5.34. The van der Waals surface area contributed by atoms with Crippen LogP contribution in [0.15, 0.2) is 76.1 Å². The quantitative estimate of drug-likeness (QED) is 0.328. The fourth-order valence-corrected chi connectivity index (χ4v) is 5.16. The van der Waals surface area contributed by atoms with E-state index < -0.39 is 10.1 Å². The zero-order valence-electron chi connectivity index (χ0n) is 16.0. The zero-order valence-corrected chi connectivity index (χ0v) is 18.4. The third-order valence-corrected chi connectivity index (χ3v) is 6.76. The van der Waals surface area contributed by atoms with Crippen molar-refractivity contribution < 1.29 is 17.3 Å². The van der Waals surface area contributed by atoms with Crippen LogP contribution in [0.1, 0.15) is 6.92 Å². The molecule has 0 aromatic heterocycles. The van der Waals surface area contributed by atoms with Crippen molar-refractivity contribution in [3.05, 3.63) is 71.2 Å². The first kappa shape index (κ1) is 19.9. The first-order valence-corrected chi connectivity index (χ1v) is 11.3. The smallest absolute Gasteiger partial charge is 0.297 e. The van der Waals surface area contributed by atoms with Crippen LogP contribution >= 0.6 is 15.9 Å². The number of methoxy groups -OCH3 is 1. The Morgan fingerprint density at radius 1 is 0.862 bits per heavy atom. The molecule has 0 radical (unpaired) electrons. The highest BCUT2D eigenvalue weighted by Crippen LogP contribution is 2.44. The second kappa shape index (κ2) is 7.78. The minimum atomic E-state index is -3.95. The Morgan fingerprint density at radius 3 is 2.34 bits per heavy atom. The van der Waals surface area contributed by atoms with Gasteiger partial charge in [-0.25, -0.2) is 0 Å². The summed E-state index contributed by atoms with van der Waals surface area (Å²) in [5.74, 6) is 0.601. The van der Waals surface area contributed by atoms with Crippen molar-refractivity contribution in [2.24, 2.45) is 0 Å². The average Bonchev–Trinajstić information content (AvgIpc) is 2.72. The van der Waals surface area contributed by atoms with E-state index in [1.54, 1.807) is 26.2 Å². The Labute approximate surface area is 178 Å². The number of hydrogen-bond donors (Lipinski definition) is 0. The molecule has 0 heterocycles. The largest absolute Gasteiger partial charge is 0.496 e. The first-order valence-electron chi connectivity index (χ1n) is 9.14. The van der Waals surface area contributed by atoms with Crippen LogP contribution in [0.5, 0.6) is 5.75 Å². The van der Waals surface area contributed by atoms with Gasteiger partial charge in [0.2, 0.25) is 0 Å². The Balaban J connectivity index is 2.22. The summed E-state index contributed by atoms with van der Waals surface area (Å²) in [5, 5.41) is 3.64. The maximum absolute atomic E-state index is 13.0. The Morgan fingerprint density at radius 2 is 1.59 bits per heavy atom. The van der Waals surface area contributed by atoms with E-state index in [4.69, 9.17) is 8.92 Å². The third kappa shape index (κ3) is 3.52. The number of fused-ring (bicyclic) bond motifs is 2. The highest BCUT2D eigenvalue weighted by molar-refractivity contribution is 9.10. The van der Waals surface area contributed by atoms with Gasteiger partial charge in [0, 0.05) is 15.6 Å². The SMILES string of the molecule is CCOS(=O)(=O)c1ccc2ccccc2c1-c1c(OC)ccc2cc(Br)ccc12. The molecule has 4 rings (SSSR count). The predicted molar refractivity (Wildman–Crippen MR) is 120 cm³/mol. The summed E-state index contributed by atoms with van der Waals surface area (Å²) >= 11 is 3.51. The van der Waals surface area contributed by atoms with Gasteiger partial charge in [0.05, 0.1) is 13.7 Å². The summed E-state index contributed by atoms with van der Waals surface area (Å²) in [6, 6.07) is 20.9. The molecule has 29 heavy (non-hydrogen) atoms. The summed E-state index contributed by atoms with van der Waals surface area (Å²) in [4.78, 5) is 0.131. The predicted octanol–water partition coefficient (Wildman–Crippen LogP) is 6.16. The summed E-state index contributed by atoms with van der Waals surface area (Å²) in [6.45, 7) is 1.72. The molecule has 0 aliphatic carbocycles. The lowest BCUT2D eigenvalue weighted by Gasteiger charge is -2.18. The van der Waals surface area contributed by atoms with Gasteiger partial charge in [0.15, 0.2) is 0 Å². The molecule has 4 aromatic rings. The molecule has 0 atom stereocenters. The molecule has 0 unspecified atom stereocenters. The molecule has 148 valence electrons. The number of halogens is 1. The van der Waals surface area contributed by atoms with Crippen LogP contribution in [0.3, 0.4) is 0 Å². The molecule has 0 bridgehead atoms. The molecule has 0 fully saturated rings. The molecule has 0 saturated heterocycles. The maximum Gasteiger partial charge on any atom is 0.297 e. The standard InChI is InChI=1S/C23H19BrO4S/c1-3-28-29(25,26)21-13-9-15-6-4-5-7-18(15)23(21)22-19-11-10-17(24)14-16(19)8-12-20(22)27-2/h4-14H,3H2,1-2H3. The lowest BCUT2D eigenvalue weighted by Crippen LogP contribution is -2.08. The van der Waals surface area contributed by atoms with Gasteiger partial charge < -0.3 is 4.74 Å². The van der Waals surface area contributed by atoms with E-state index >= 15 is 0 Å². The van der Waals surface area contributed by atoms with E-state index in [1.807, 2.05) is 54.6 Å². The van der Waals surface area contributed by atoms with Crippen molar-refractivity contribution in [1.29, 1.82) is 0 Å². The van der Waals surface area contributed by atoms with Crippen molar-refractivity contribution in [2.75, 3.05) is 13.7 Å². The number of ether oxygens (including phenoxy) is 1. The van der Waals surface area contributed by atoms with Gasteiger partial charge in [-0.2, -0.15) is 8.42 Å². The molecule has 0 aliphatic rings. The van der Waals surface area contributed by atoms with Gasteiger partial charge in [-0.3, -0.25) is 4.18 Å². The van der Waals surface area contributed by atoms with Crippen molar-refractivity contribution in [3.8, 4) is 16.9 Å². The highest BCUT2D eigenvalue weighted by Gasteiger charge is 2.25. The van der Waals surface area contributed by atoms with Gasteiger partial charge >= 0.3 is 0 Å². The number of benzene rings is 4. The van der Waals surface area contributed by atoms with Gasteiger partial charge in [0.1, 0.15) is 10.6 Å². The van der Waals surface area contributed by atoms with Crippen molar-refractivity contribution in [2.45, 2.75) is 11.8 Å². The molecular weight excluding hydrogens is 452 g/mol. The number of rotatable bonds is 5. The van der Waals surface area contributed by atoms with Crippen molar-refractivity contribution in [3.63, 3.8) is 0 Å². The summed E-state index contributed by atoms with van der Waals surface area (Å²) in [7, 11) is -2.36. The zero-order chi connectivity index (χ0) is 20.6. The molecule has 6 heteroatoms. The first-order chi connectivity index (χ1) is 14.0. The van der Waals surface area contributed by atoms with Crippen LogP contribution in [0.2, 0.25) is 0 Å². The second-order valence-corrected chi connectivity index (χ2v) is 9.03. The maximum atomic E-state index is 13.0. The van der Waals surface area contributed by atoms with E-state index in [0.717, 1.165) is 31.6 Å². The minimum Gasteiger partial charge on any atom is -0.496 e.